The van der Waals surface area contributed by atoms with Crippen LogP contribution in [-0.4, -0.2) is 23.6 Å². The normalized spacial score (nSPS) is 17.3. The number of aromatic hydroxyl groups is 1. The zero-order chi connectivity index (χ0) is 17.7. The maximum absolute atomic E-state index is 9.91. The fraction of sp³-hybridized carbons (Fsp3) is 0.200. The number of nitrogens with one attached hydrogen (secondary N) is 1. The zero-order valence-electron chi connectivity index (χ0n) is 14.2. The molecule has 0 saturated carbocycles. The summed E-state index contributed by atoms with van der Waals surface area (Å²) < 4.78 is 18.7. The van der Waals surface area contributed by atoms with E-state index >= 15 is 0 Å². The molecule has 0 amide bonds. The predicted octanol–water partition coefficient (Wildman–Crippen LogP) is 3.11. The molecule has 26 heavy (non-hydrogen) atoms. The minimum Gasteiger partial charge on any atom is -0.504 e. The number of aromatic nitrogens is 1. The Balaban J connectivity index is 1.67. The molecule has 0 spiro atoms. The Bertz CT molecular complexity index is 995. The average Bonchev–Trinajstić information content (AvgIpc) is 3.30. The van der Waals surface area contributed by atoms with E-state index in [0.717, 1.165) is 34.0 Å². The highest BCUT2D eigenvalue weighted by molar-refractivity contribution is 5.63. The van der Waals surface area contributed by atoms with Gasteiger partial charge in [-0.05, 0) is 41.5 Å². The van der Waals surface area contributed by atoms with Crippen LogP contribution in [0.3, 0.4) is 0 Å². The minimum absolute atomic E-state index is 0.0510. The third kappa shape index (κ3) is 2.16. The summed E-state index contributed by atoms with van der Waals surface area (Å²) in [6.45, 7) is 0.927. The maximum Gasteiger partial charge on any atom is 0.231 e. The van der Waals surface area contributed by atoms with Crippen molar-refractivity contribution in [3.63, 3.8) is 0 Å². The van der Waals surface area contributed by atoms with Crippen LogP contribution in [0.4, 0.5) is 0 Å². The number of nitrogens with zero attached hydrogens (tertiary/aromatic N) is 1. The zero-order valence-corrected chi connectivity index (χ0v) is 14.2. The molecule has 2 aromatic carbocycles. The van der Waals surface area contributed by atoms with Gasteiger partial charge in [0.15, 0.2) is 23.0 Å². The first-order chi connectivity index (χ1) is 12.8. The van der Waals surface area contributed by atoms with Gasteiger partial charge in [-0.3, -0.25) is 0 Å². The quantitative estimate of drug-likeness (QED) is 0.743. The second-order valence-corrected chi connectivity index (χ2v) is 6.36. The number of phenolic OH excluding ortho intramolecular Hbond substituents is 1. The molecular formula is C20H18N2O4. The third-order valence-corrected chi connectivity index (χ3v) is 4.95. The van der Waals surface area contributed by atoms with Crippen LogP contribution in [0, 0.1) is 0 Å². The number of hydrogen-bond acceptors (Lipinski definition) is 5. The first-order valence-corrected chi connectivity index (χ1v) is 8.45. The summed E-state index contributed by atoms with van der Waals surface area (Å²) in [7, 11) is 1.55. The number of benzene rings is 2. The van der Waals surface area contributed by atoms with Gasteiger partial charge in [-0.15, -0.1) is 0 Å². The van der Waals surface area contributed by atoms with E-state index < -0.39 is 0 Å². The van der Waals surface area contributed by atoms with Crippen LogP contribution in [0.25, 0.3) is 5.69 Å². The molecule has 6 heteroatoms. The number of rotatable bonds is 2. The van der Waals surface area contributed by atoms with Crippen molar-refractivity contribution in [1.82, 2.24) is 9.88 Å². The van der Waals surface area contributed by atoms with Gasteiger partial charge in [0, 0.05) is 18.4 Å². The summed E-state index contributed by atoms with van der Waals surface area (Å²) in [6, 6.07) is 13.5. The van der Waals surface area contributed by atoms with E-state index in [2.05, 4.69) is 22.0 Å². The Labute approximate surface area is 150 Å². The standard InChI is InChI=1S/C20H18N2O4/c1-24-17-9-12(4-6-15(17)23)18-14-3-2-8-22(14)19-13(10-21-18)5-7-16-20(19)26-11-25-16/h2-9,18,21,23H,10-11H2,1H3. The van der Waals surface area contributed by atoms with E-state index in [1.54, 1.807) is 13.2 Å². The van der Waals surface area contributed by atoms with Crippen LogP contribution in [0.1, 0.15) is 22.9 Å². The first kappa shape index (κ1) is 15.2. The number of ether oxygens (including phenoxy) is 3. The fourth-order valence-corrected chi connectivity index (χ4v) is 3.72. The maximum atomic E-state index is 9.91. The van der Waals surface area contributed by atoms with Crippen LogP contribution in [-0.2, 0) is 6.54 Å². The van der Waals surface area contributed by atoms with E-state index in [4.69, 9.17) is 14.2 Å². The van der Waals surface area contributed by atoms with Gasteiger partial charge >= 0.3 is 0 Å². The number of methoxy groups -OCH3 is 1. The van der Waals surface area contributed by atoms with Gasteiger partial charge in [0.25, 0.3) is 0 Å². The molecule has 0 saturated heterocycles. The molecule has 3 aromatic rings. The highest BCUT2D eigenvalue weighted by atomic mass is 16.7. The second-order valence-electron chi connectivity index (χ2n) is 6.36. The highest BCUT2D eigenvalue weighted by Crippen LogP contribution is 2.43. The Morgan fingerprint density at radius 1 is 1.19 bits per heavy atom. The van der Waals surface area contributed by atoms with Crippen molar-refractivity contribution in [1.29, 1.82) is 0 Å². The van der Waals surface area contributed by atoms with Gasteiger partial charge in [-0.25, -0.2) is 0 Å². The first-order valence-electron chi connectivity index (χ1n) is 8.45. The summed E-state index contributed by atoms with van der Waals surface area (Å²) in [6.07, 6.45) is 2.04. The molecule has 2 aliphatic heterocycles. The van der Waals surface area contributed by atoms with Gasteiger partial charge < -0.3 is 29.2 Å². The Hall–Kier alpha value is -3.12. The lowest BCUT2D eigenvalue weighted by Crippen LogP contribution is -2.21. The van der Waals surface area contributed by atoms with Gasteiger partial charge in [0.2, 0.25) is 6.79 Å². The van der Waals surface area contributed by atoms with Crippen LogP contribution in [0.2, 0.25) is 0 Å². The lowest BCUT2D eigenvalue weighted by atomic mass is 10.0. The van der Waals surface area contributed by atoms with Crippen molar-refractivity contribution in [2.45, 2.75) is 12.6 Å². The Morgan fingerprint density at radius 3 is 3.00 bits per heavy atom. The minimum atomic E-state index is -0.0510. The monoisotopic (exact) mass is 350 g/mol. The molecule has 0 bridgehead atoms. The molecule has 2 aliphatic rings. The van der Waals surface area contributed by atoms with E-state index in [9.17, 15) is 5.11 Å². The van der Waals surface area contributed by atoms with Crippen LogP contribution in [0.15, 0.2) is 48.7 Å². The molecule has 0 radical (unpaired) electrons. The molecule has 1 unspecified atom stereocenters. The van der Waals surface area contributed by atoms with Gasteiger partial charge in [0.1, 0.15) is 0 Å². The third-order valence-electron chi connectivity index (χ3n) is 4.95. The van der Waals surface area contributed by atoms with Crippen molar-refractivity contribution in [2.24, 2.45) is 0 Å². The van der Waals surface area contributed by atoms with Crippen LogP contribution in [0.5, 0.6) is 23.0 Å². The Morgan fingerprint density at radius 2 is 2.12 bits per heavy atom. The lowest BCUT2D eigenvalue weighted by Gasteiger charge is -2.19. The van der Waals surface area contributed by atoms with Gasteiger partial charge in [-0.2, -0.15) is 0 Å². The van der Waals surface area contributed by atoms with Crippen molar-refractivity contribution in [2.75, 3.05) is 13.9 Å². The van der Waals surface area contributed by atoms with E-state index in [-0.39, 0.29) is 18.6 Å². The fourth-order valence-electron chi connectivity index (χ4n) is 3.72. The van der Waals surface area contributed by atoms with Crippen molar-refractivity contribution < 1.29 is 19.3 Å². The van der Waals surface area contributed by atoms with E-state index in [1.165, 1.54) is 0 Å². The Kier molecular flexibility index (Phi) is 3.33. The number of hydrogen-bond donors (Lipinski definition) is 2. The molecule has 5 rings (SSSR count). The highest BCUT2D eigenvalue weighted by Gasteiger charge is 2.29. The van der Waals surface area contributed by atoms with E-state index in [0.29, 0.717) is 12.3 Å². The van der Waals surface area contributed by atoms with Crippen molar-refractivity contribution >= 4 is 0 Å². The van der Waals surface area contributed by atoms with Crippen LogP contribution < -0.4 is 19.5 Å². The summed E-state index contributed by atoms with van der Waals surface area (Å²) >= 11 is 0. The molecule has 0 fully saturated rings. The molecular weight excluding hydrogens is 332 g/mol. The summed E-state index contributed by atoms with van der Waals surface area (Å²) in [4.78, 5) is 0. The van der Waals surface area contributed by atoms with E-state index in [1.807, 2.05) is 30.5 Å². The van der Waals surface area contributed by atoms with Crippen molar-refractivity contribution in [3.8, 4) is 28.7 Å². The summed E-state index contributed by atoms with van der Waals surface area (Å²) in [5, 5.41) is 13.5. The lowest BCUT2D eigenvalue weighted by molar-refractivity contribution is 0.173. The molecule has 3 heterocycles. The summed E-state index contributed by atoms with van der Waals surface area (Å²) in [5.74, 6) is 2.15. The molecule has 6 nitrogen and oxygen atoms in total. The van der Waals surface area contributed by atoms with Crippen molar-refractivity contribution in [3.05, 3.63) is 65.5 Å². The molecule has 1 atom stereocenters. The van der Waals surface area contributed by atoms with Gasteiger partial charge in [0.05, 0.1) is 18.8 Å². The van der Waals surface area contributed by atoms with Gasteiger partial charge in [-0.1, -0.05) is 12.1 Å². The molecule has 1 aromatic heterocycles. The number of fused-ring (bicyclic) bond motifs is 5. The molecule has 0 aliphatic carbocycles. The largest absolute Gasteiger partial charge is 0.504 e. The molecule has 2 N–H and O–H groups in total. The average molecular weight is 350 g/mol. The number of phenols is 1. The molecule has 132 valence electrons. The van der Waals surface area contributed by atoms with Crippen LogP contribution >= 0.6 is 0 Å². The topological polar surface area (TPSA) is 64.9 Å². The predicted molar refractivity (Wildman–Crippen MR) is 95.2 cm³/mol. The SMILES string of the molecule is COc1cc(C2NCc3ccc4c(c3-n3cccc32)OCO4)ccc1O. The smallest absolute Gasteiger partial charge is 0.231 e. The summed E-state index contributed by atoms with van der Waals surface area (Å²) in [5.41, 5.74) is 4.25. The second kappa shape index (κ2) is 5.71.